The van der Waals surface area contributed by atoms with Crippen LogP contribution in [0.3, 0.4) is 0 Å². The molecule has 1 amide bonds. The zero-order chi connectivity index (χ0) is 13.5. The third-order valence-corrected chi connectivity index (χ3v) is 2.44. The van der Waals surface area contributed by atoms with Gasteiger partial charge in [-0.3, -0.25) is 4.79 Å². The summed E-state index contributed by atoms with van der Waals surface area (Å²) in [4.78, 5) is 11.6. The van der Waals surface area contributed by atoms with Crippen molar-refractivity contribution in [2.45, 2.75) is 52.6 Å². The molecule has 0 bridgehead atoms. The minimum absolute atomic E-state index is 0.0782. The van der Waals surface area contributed by atoms with Gasteiger partial charge in [-0.1, -0.05) is 13.8 Å². The monoisotopic (exact) mass is 243 g/mol. The predicted octanol–water partition coefficient (Wildman–Crippen LogP) is 1.12. The topological polar surface area (TPSA) is 53.2 Å². The highest BCUT2D eigenvalue weighted by Gasteiger charge is 2.17. The maximum atomic E-state index is 11.6. The molecule has 0 aromatic carbocycles. The van der Waals surface area contributed by atoms with Crippen LogP contribution in [0, 0.1) is 5.92 Å². The zero-order valence-electron chi connectivity index (χ0n) is 12.2. The number of nitrogens with one attached hydrogen (secondary N) is 3. The SMILES string of the molecule is CNC(=O)C(CC(C)C)NCCNC(C)(C)C. The van der Waals surface area contributed by atoms with E-state index in [0.717, 1.165) is 19.5 Å². The van der Waals surface area contributed by atoms with Crippen molar-refractivity contribution >= 4 is 5.91 Å². The molecular weight excluding hydrogens is 214 g/mol. The number of amides is 1. The molecule has 1 unspecified atom stereocenters. The summed E-state index contributed by atoms with van der Waals surface area (Å²) in [6.45, 7) is 12.3. The lowest BCUT2D eigenvalue weighted by molar-refractivity contribution is -0.123. The number of hydrogen-bond acceptors (Lipinski definition) is 3. The van der Waals surface area contributed by atoms with Crippen LogP contribution in [0.2, 0.25) is 0 Å². The van der Waals surface area contributed by atoms with Gasteiger partial charge in [0.2, 0.25) is 5.91 Å². The zero-order valence-corrected chi connectivity index (χ0v) is 12.2. The van der Waals surface area contributed by atoms with Gasteiger partial charge in [-0.25, -0.2) is 0 Å². The average molecular weight is 243 g/mol. The van der Waals surface area contributed by atoms with Crippen LogP contribution in [0.15, 0.2) is 0 Å². The molecule has 1 atom stereocenters. The third-order valence-electron chi connectivity index (χ3n) is 2.44. The van der Waals surface area contributed by atoms with E-state index < -0.39 is 0 Å². The Morgan fingerprint density at radius 3 is 2.18 bits per heavy atom. The standard InChI is InChI=1S/C13H29N3O/c1-10(2)9-11(12(17)14-6)15-7-8-16-13(3,4)5/h10-11,15-16H,7-9H2,1-6H3,(H,14,17). The Kier molecular flexibility index (Phi) is 7.39. The molecule has 0 aromatic heterocycles. The molecule has 4 nitrogen and oxygen atoms in total. The summed E-state index contributed by atoms with van der Waals surface area (Å²) in [6, 6.07) is -0.0817. The van der Waals surface area contributed by atoms with Crippen molar-refractivity contribution in [3.8, 4) is 0 Å². The fraction of sp³-hybridized carbons (Fsp3) is 0.923. The van der Waals surface area contributed by atoms with Gasteiger partial charge >= 0.3 is 0 Å². The maximum absolute atomic E-state index is 11.6. The van der Waals surface area contributed by atoms with Gasteiger partial charge in [0, 0.05) is 25.7 Å². The Morgan fingerprint density at radius 2 is 1.76 bits per heavy atom. The lowest BCUT2D eigenvalue weighted by Gasteiger charge is -2.23. The van der Waals surface area contributed by atoms with Crippen molar-refractivity contribution in [3.05, 3.63) is 0 Å². The van der Waals surface area contributed by atoms with Crippen LogP contribution in [0.25, 0.3) is 0 Å². The molecule has 0 radical (unpaired) electrons. The van der Waals surface area contributed by atoms with Crippen LogP contribution in [-0.2, 0) is 4.79 Å². The minimum atomic E-state index is -0.0817. The summed E-state index contributed by atoms with van der Waals surface area (Å²) in [6.07, 6.45) is 0.870. The predicted molar refractivity (Wildman–Crippen MR) is 73.1 cm³/mol. The van der Waals surface area contributed by atoms with Gasteiger partial charge in [0.15, 0.2) is 0 Å². The van der Waals surface area contributed by atoms with Crippen LogP contribution in [0.5, 0.6) is 0 Å². The van der Waals surface area contributed by atoms with E-state index in [9.17, 15) is 4.79 Å². The molecule has 4 heteroatoms. The minimum Gasteiger partial charge on any atom is -0.358 e. The van der Waals surface area contributed by atoms with E-state index in [1.165, 1.54) is 0 Å². The van der Waals surface area contributed by atoms with Crippen LogP contribution < -0.4 is 16.0 Å². The van der Waals surface area contributed by atoms with Gasteiger partial charge < -0.3 is 16.0 Å². The van der Waals surface area contributed by atoms with E-state index in [4.69, 9.17) is 0 Å². The molecule has 0 saturated heterocycles. The van der Waals surface area contributed by atoms with Crippen molar-refractivity contribution in [1.29, 1.82) is 0 Å². The van der Waals surface area contributed by atoms with E-state index in [1.807, 2.05) is 0 Å². The first-order valence-electron chi connectivity index (χ1n) is 6.46. The second kappa shape index (κ2) is 7.67. The van der Waals surface area contributed by atoms with Crippen LogP contribution >= 0.6 is 0 Å². The Balaban J connectivity index is 3.96. The Morgan fingerprint density at radius 1 is 1.18 bits per heavy atom. The van der Waals surface area contributed by atoms with Crippen molar-refractivity contribution in [3.63, 3.8) is 0 Å². The molecule has 3 N–H and O–H groups in total. The van der Waals surface area contributed by atoms with Gasteiger partial charge in [0.05, 0.1) is 6.04 Å². The van der Waals surface area contributed by atoms with Crippen LogP contribution in [-0.4, -0.2) is 37.6 Å². The average Bonchev–Trinajstić information content (AvgIpc) is 2.19. The molecule has 0 aromatic rings. The molecule has 0 aliphatic heterocycles. The maximum Gasteiger partial charge on any atom is 0.236 e. The first-order chi connectivity index (χ1) is 7.76. The molecule has 17 heavy (non-hydrogen) atoms. The molecule has 0 fully saturated rings. The van der Waals surface area contributed by atoms with E-state index in [0.29, 0.717) is 5.92 Å². The summed E-state index contributed by atoms with van der Waals surface area (Å²) in [5.41, 5.74) is 0.127. The van der Waals surface area contributed by atoms with Gasteiger partial charge in [-0.2, -0.15) is 0 Å². The van der Waals surface area contributed by atoms with Crippen molar-refractivity contribution in [2.75, 3.05) is 20.1 Å². The van der Waals surface area contributed by atoms with Crippen molar-refractivity contribution in [1.82, 2.24) is 16.0 Å². The van der Waals surface area contributed by atoms with E-state index in [-0.39, 0.29) is 17.5 Å². The quantitative estimate of drug-likeness (QED) is 0.587. The van der Waals surface area contributed by atoms with Crippen LogP contribution in [0.1, 0.15) is 41.0 Å². The van der Waals surface area contributed by atoms with Gasteiger partial charge in [0.25, 0.3) is 0 Å². The molecule has 0 rings (SSSR count). The number of carbonyl (C=O) groups excluding carboxylic acids is 1. The molecular formula is C13H29N3O. The molecule has 0 aliphatic carbocycles. The van der Waals surface area contributed by atoms with Gasteiger partial charge in [-0.05, 0) is 33.1 Å². The van der Waals surface area contributed by atoms with Gasteiger partial charge in [-0.15, -0.1) is 0 Å². The molecule has 0 heterocycles. The lowest BCUT2D eigenvalue weighted by atomic mass is 10.0. The summed E-state index contributed by atoms with van der Waals surface area (Å²) in [5.74, 6) is 0.592. The Bertz CT molecular complexity index is 221. The summed E-state index contributed by atoms with van der Waals surface area (Å²) < 4.78 is 0. The number of rotatable bonds is 7. The summed E-state index contributed by atoms with van der Waals surface area (Å²) in [5, 5.41) is 9.40. The second-order valence-corrected chi connectivity index (χ2v) is 5.93. The normalized spacial score (nSPS) is 13.8. The lowest BCUT2D eigenvalue weighted by Crippen LogP contribution is -2.47. The highest BCUT2D eigenvalue weighted by Crippen LogP contribution is 2.04. The first-order valence-corrected chi connectivity index (χ1v) is 6.46. The first kappa shape index (κ1) is 16.4. The third kappa shape index (κ3) is 9.12. The van der Waals surface area contributed by atoms with Crippen molar-refractivity contribution in [2.24, 2.45) is 5.92 Å². The summed E-state index contributed by atoms with van der Waals surface area (Å²) in [7, 11) is 1.69. The molecule has 0 aliphatic rings. The number of hydrogen-bond donors (Lipinski definition) is 3. The van der Waals surface area contributed by atoms with E-state index in [2.05, 4.69) is 50.6 Å². The van der Waals surface area contributed by atoms with Crippen LogP contribution in [0.4, 0.5) is 0 Å². The Hall–Kier alpha value is -0.610. The van der Waals surface area contributed by atoms with E-state index in [1.54, 1.807) is 7.05 Å². The van der Waals surface area contributed by atoms with Gasteiger partial charge in [0.1, 0.15) is 0 Å². The number of carbonyl (C=O) groups is 1. The molecule has 0 saturated carbocycles. The Labute approximate surface area is 106 Å². The second-order valence-electron chi connectivity index (χ2n) is 5.93. The molecule has 0 spiro atoms. The fourth-order valence-electron chi connectivity index (χ4n) is 1.61. The smallest absolute Gasteiger partial charge is 0.236 e. The van der Waals surface area contributed by atoms with Crippen molar-refractivity contribution < 1.29 is 4.79 Å². The summed E-state index contributed by atoms with van der Waals surface area (Å²) >= 11 is 0. The largest absolute Gasteiger partial charge is 0.358 e. The highest BCUT2D eigenvalue weighted by molar-refractivity contribution is 5.81. The fourth-order valence-corrected chi connectivity index (χ4v) is 1.61. The molecule has 102 valence electrons. The number of likely N-dealkylation sites (N-methyl/N-ethyl adjacent to an activating group) is 1. The highest BCUT2D eigenvalue weighted by atomic mass is 16.2. The van der Waals surface area contributed by atoms with E-state index >= 15 is 0 Å².